The Balaban J connectivity index is 2.27. The molecule has 1 saturated heterocycles. The maximum Gasteiger partial charge on any atom is 0.295 e. The second-order valence-corrected chi connectivity index (χ2v) is 8.05. The molecular weight excluding hydrogens is 344 g/mol. The molecule has 9 heteroatoms. The summed E-state index contributed by atoms with van der Waals surface area (Å²) < 4.78 is 26.5. The third-order valence-corrected chi connectivity index (χ3v) is 6.02. The van der Waals surface area contributed by atoms with Crippen LogP contribution >= 0.6 is 0 Å². The zero-order chi connectivity index (χ0) is 18.4. The fourth-order valence-corrected chi connectivity index (χ4v) is 4.18. The minimum atomic E-state index is -3.69. The third-order valence-electron chi connectivity index (χ3n) is 4.13. The lowest BCUT2D eigenvalue weighted by atomic mass is 10.2. The highest BCUT2D eigenvalue weighted by Crippen LogP contribution is 2.30. The highest BCUT2D eigenvalue weighted by Gasteiger charge is 2.29. The van der Waals surface area contributed by atoms with Gasteiger partial charge in [-0.05, 0) is 44.7 Å². The lowest BCUT2D eigenvalue weighted by Gasteiger charge is -2.15. The fourth-order valence-electron chi connectivity index (χ4n) is 2.64. The number of hydrogen-bond acceptors (Lipinski definition) is 6. The largest absolute Gasteiger partial charge is 0.295 e. The molecule has 8 nitrogen and oxygen atoms in total. The molecule has 0 bridgehead atoms. The van der Waals surface area contributed by atoms with Gasteiger partial charge in [-0.1, -0.05) is 13.3 Å². The Kier molecular flexibility index (Phi) is 6.49. The average Bonchev–Trinajstić information content (AvgIpc) is 3.13. The van der Waals surface area contributed by atoms with Crippen molar-refractivity contribution in [2.75, 3.05) is 18.5 Å². The SMILES string of the molecule is CCCC/C(C)=N\Nc1ccc(S(=O)(=O)N2CCCC2)cc1[N+](=O)[O-]. The van der Waals surface area contributed by atoms with Crippen molar-refractivity contribution in [1.29, 1.82) is 0 Å². The van der Waals surface area contributed by atoms with E-state index in [4.69, 9.17) is 0 Å². The van der Waals surface area contributed by atoms with Crippen LogP contribution < -0.4 is 5.43 Å². The predicted octanol–water partition coefficient (Wildman–Crippen LogP) is 3.36. The molecule has 1 aromatic rings. The first-order chi connectivity index (χ1) is 11.9. The molecular formula is C16H24N4O4S. The molecule has 2 rings (SSSR count). The monoisotopic (exact) mass is 368 g/mol. The van der Waals surface area contributed by atoms with Gasteiger partial charge in [0.2, 0.25) is 10.0 Å². The molecule has 1 aliphatic heterocycles. The Morgan fingerprint density at radius 2 is 2.04 bits per heavy atom. The summed E-state index contributed by atoms with van der Waals surface area (Å²) in [7, 11) is -3.69. The number of unbranched alkanes of at least 4 members (excludes halogenated alkanes) is 1. The zero-order valence-corrected chi connectivity index (χ0v) is 15.4. The van der Waals surface area contributed by atoms with Crippen LogP contribution in [0.4, 0.5) is 11.4 Å². The van der Waals surface area contributed by atoms with Gasteiger partial charge in [-0.2, -0.15) is 9.41 Å². The number of benzene rings is 1. The first-order valence-electron chi connectivity index (χ1n) is 8.44. The molecule has 0 amide bonds. The van der Waals surface area contributed by atoms with Crippen LogP contribution in [0.15, 0.2) is 28.2 Å². The van der Waals surface area contributed by atoms with E-state index >= 15 is 0 Å². The molecule has 1 aliphatic rings. The van der Waals surface area contributed by atoms with Gasteiger partial charge in [0.05, 0.1) is 9.82 Å². The first-order valence-corrected chi connectivity index (χ1v) is 9.88. The summed E-state index contributed by atoms with van der Waals surface area (Å²) in [5.41, 5.74) is 3.41. The van der Waals surface area contributed by atoms with Gasteiger partial charge in [-0.15, -0.1) is 0 Å². The normalized spacial score (nSPS) is 16.2. The smallest absolute Gasteiger partial charge is 0.272 e. The fraction of sp³-hybridized carbons (Fsp3) is 0.562. The minimum Gasteiger partial charge on any atom is -0.272 e. The quantitative estimate of drug-likeness (QED) is 0.430. The molecule has 0 spiro atoms. The van der Waals surface area contributed by atoms with Gasteiger partial charge >= 0.3 is 0 Å². The molecule has 0 aliphatic carbocycles. The van der Waals surface area contributed by atoms with E-state index in [1.54, 1.807) is 0 Å². The van der Waals surface area contributed by atoms with E-state index in [1.165, 1.54) is 16.4 Å². The van der Waals surface area contributed by atoms with Gasteiger partial charge in [-0.25, -0.2) is 8.42 Å². The molecule has 1 aromatic carbocycles. The Hall–Kier alpha value is -2.00. The van der Waals surface area contributed by atoms with Gasteiger partial charge < -0.3 is 0 Å². The second-order valence-electron chi connectivity index (χ2n) is 6.11. The van der Waals surface area contributed by atoms with Gasteiger partial charge in [0.25, 0.3) is 5.69 Å². The summed E-state index contributed by atoms with van der Waals surface area (Å²) in [5, 5.41) is 15.5. The van der Waals surface area contributed by atoms with Crippen molar-refractivity contribution in [1.82, 2.24) is 4.31 Å². The van der Waals surface area contributed by atoms with Gasteiger partial charge in [0.1, 0.15) is 5.69 Å². The summed E-state index contributed by atoms with van der Waals surface area (Å²) in [6.45, 7) is 4.83. The number of nitro benzene ring substituents is 1. The van der Waals surface area contributed by atoms with Crippen LogP contribution in [0.1, 0.15) is 46.0 Å². The third kappa shape index (κ3) is 4.76. The summed E-state index contributed by atoms with van der Waals surface area (Å²) in [6.07, 6.45) is 4.46. The van der Waals surface area contributed by atoms with Crippen molar-refractivity contribution in [3.05, 3.63) is 28.3 Å². The zero-order valence-electron chi connectivity index (χ0n) is 14.6. The number of sulfonamides is 1. The highest BCUT2D eigenvalue weighted by molar-refractivity contribution is 7.89. The number of nitrogens with one attached hydrogen (secondary N) is 1. The molecule has 1 N–H and O–H groups in total. The molecule has 0 unspecified atom stereocenters. The van der Waals surface area contributed by atoms with E-state index in [9.17, 15) is 18.5 Å². The molecule has 0 aromatic heterocycles. The summed E-state index contributed by atoms with van der Waals surface area (Å²) in [4.78, 5) is 10.7. The van der Waals surface area contributed by atoms with E-state index in [2.05, 4.69) is 17.5 Å². The van der Waals surface area contributed by atoms with E-state index in [0.717, 1.165) is 43.9 Å². The van der Waals surface area contributed by atoms with E-state index in [0.29, 0.717) is 13.1 Å². The lowest BCUT2D eigenvalue weighted by molar-refractivity contribution is -0.384. The molecule has 0 radical (unpaired) electrons. The lowest BCUT2D eigenvalue weighted by Crippen LogP contribution is -2.27. The summed E-state index contributed by atoms with van der Waals surface area (Å²) in [5.74, 6) is 0. The molecule has 1 fully saturated rings. The number of nitro groups is 1. The summed E-state index contributed by atoms with van der Waals surface area (Å²) >= 11 is 0. The van der Waals surface area contributed by atoms with E-state index in [-0.39, 0.29) is 16.3 Å². The molecule has 138 valence electrons. The predicted molar refractivity (Wildman–Crippen MR) is 97.3 cm³/mol. The van der Waals surface area contributed by atoms with E-state index < -0.39 is 14.9 Å². The Morgan fingerprint density at radius 1 is 1.36 bits per heavy atom. The van der Waals surface area contributed by atoms with E-state index in [1.807, 2.05) is 6.92 Å². The first kappa shape index (κ1) is 19.3. The van der Waals surface area contributed by atoms with Crippen LogP contribution in [-0.2, 0) is 10.0 Å². The van der Waals surface area contributed by atoms with Crippen LogP contribution in [0.5, 0.6) is 0 Å². The standard InChI is InChI=1S/C16H24N4O4S/c1-3-4-7-13(2)17-18-15-9-8-14(12-16(15)20(21)22)25(23,24)19-10-5-6-11-19/h8-9,12,18H,3-7,10-11H2,1-2H3/b17-13-. The minimum absolute atomic E-state index is 0.0571. The van der Waals surface area contributed by atoms with Gasteiger partial charge in [0, 0.05) is 24.9 Å². The average molecular weight is 368 g/mol. The number of nitrogens with zero attached hydrogens (tertiary/aromatic N) is 3. The van der Waals surface area contributed by atoms with Crippen molar-refractivity contribution in [2.45, 2.75) is 50.8 Å². The molecule has 1 heterocycles. The maximum absolute atomic E-state index is 12.6. The van der Waals surface area contributed by atoms with Crippen molar-refractivity contribution < 1.29 is 13.3 Å². The number of hydrogen-bond donors (Lipinski definition) is 1. The molecule has 0 atom stereocenters. The van der Waals surface area contributed by atoms with Crippen LogP contribution in [0.25, 0.3) is 0 Å². The van der Waals surface area contributed by atoms with Crippen LogP contribution in [-0.4, -0.2) is 36.4 Å². The number of anilines is 1. The Labute approximate surface area is 148 Å². The van der Waals surface area contributed by atoms with Crippen molar-refractivity contribution in [3.63, 3.8) is 0 Å². The van der Waals surface area contributed by atoms with Crippen LogP contribution in [0, 0.1) is 10.1 Å². The maximum atomic E-state index is 12.6. The summed E-state index contributed by atoms with van der Waals surface area (Å²) in [6, 6.07) is 3.89. The number of hydrazone groups is 1. The van der Waals surface area contributed by atoms with Crippen molar-refractivity contribution in [2.24, 2.45) is 5.10 Å². The topological polar surface area (TPSA) is 105 Å². The molecule has 25 heavy (non-hydrogen) atoms. The second kappa shape index (κ2) is 8.39. The van der Waals surface area contributed by atoms with Crippen molar-refractivity contribution in [3.8, 4) is 0 Å². The Bertz CT molecular complexity index is 755. The Morgan fingerprint density at radius 3 is 2.64 bits per heavy atom. The van der Waals surface area contributed by atoms with Crippen molar-refractivity contribution >= 4 is 27.1 Å². The van der Waals surface area contributed by atoms with Crippen LogP contribution in [0.3, 0.4) is 0 Å². The highest BCUT2D eigenvalue weighted by atomic mass is 32.2. The van der Waals surface area contributed by atoms with Gasteiger partial charge in [0.15, 0.2) is 0 Å². The molecule has 0 saturated carbocycles. The van der Waals surface area contributed by atoms with Gasteiger partial charge in [-0.3, -0.25) is 15.5 Å². The number of rotatable bonds is 8. The van der Waals surface area contributed by atoms with Crippen LogP contribution in [0.2, 0.25) is 0 Å².